The van der Waals surface area contributed by atoms with Gasteiger partial charge >= 0.3 is 0 Å². The summed E-state index contributed by atoms with van der Waals surface area (Å²) in [7, 11) is 0. The van der Waals surface area contributed by atoms with Gasteiger partial charge in [-0.15, -0.1) is 12.4 Å². The number of hydrogen-bond acceptors (Lipinski definition) is 2. The van der Waals surface area contributed by atoms with Gasteiger partial charge in [-0.05, 0) is 56.8 Å². The molecule has 0 saturated carbocycles. The molecule has 0 spiro atoms. The maximum absolute atomic E-state index is 13.3. The van der Waals surface area contributed by atoms with Crippen LogP contribution >= 0.6 is 12.4 Å². The summed E-state index contributed by atoms with van der Waals surface area (Å²) in [4.78, 5) is 2.31. The Kier molecular flexibility index (Phi) is 6.37. The van der Waals surface area contributed by atoms with E-state index in [2.05, 4.69) is 4.90 Å². The lowest BCUT2D eigenvalue weighted by Gasteiger charge is -2.38. The van der Waals surface area contributed by atoms with Crippen molar-refractivity contribution in [3.63, 3.8) is 0 Å². The molecule has 0 amide bonds. The van der Waals surface area contributed by atoms with Crippen molar-refractivity contribution in [3.05, 3.63) is 35.4 Å². The van der Waals surface area contributed by atoms with E-state index in [-0.39, 0.29) is 24.5 Å². The first-order chi connectivity index (χ1) is 8.99. The zero-order valence-electron chi connectivity index (χ0n) is 12.0. The third-order valence-electron chi connectivity index (χ3n) is 4.21. The van der Waals surface area contributed by atoms with Crippen molar-refractivity contribution in [2.45, 2.75) is 38.8 Å². The Morgan fingerprint density at radius 2 is 1.95 bits per heavy atom. The van der Waals surface area contributed by atoms with Crippen molar-refractivity contribution >= 4 is 12.4 Å². The molecule has 114 valence electrons. The molecule has 0 aliphatic carbocycles. The van der Waals surface area contributed by atoms with Crippen molar-refractivity contribution in [2.24, 2.45) is 11.7 Å². The number of piperidine rings is 1. The summed E-state index contributed by atoms with van der Waals surface area (Å²) in [5.41, 5.74) is 6.80. The summed E-state index contributed by atoms with van der Waals surface area (Å²) in [5.74, 6) is -1.07. The second-order valence-electron chi connectivity index (χ2n) is 5.61. The van der Waals surface area contributed by atoms with Crippen molar-refractivity contribution in [1.82, 2.24) is 4.90 Å². The Bertz CT molecular complexity index is 440. The molecule has 1 fully saturated rings. The van der Waals surface area contributed by atoms with E-state index in [1.807, 2.05) is 13.8 Å². The van der Waals surface area contributed by atoms with Crippen LogP contribution in [0.4, 0.5) is 8.78 Å². The number of nitrogens with two attached hydrogens (primary N) is 1. The van der Waals surface area contributed by atoms with Gasteiger partial charge in [0.05, 0.1) is 0 Å². The molecular formula is C15H23ClF2N2. The third kappa shape index (κ3) is 3.90. The van der Waals surface area contributed by atoms with E-state index in [0.29, 0.717) is 5.92 Å². The van der Waals surface area contributed by atoms with Crippen LogP contribution in [0.25, 0.3) is 0 Å². The lowest BCUT2D eigenvalue weighted by molar-refractivity contribution is 0.121. The first kappa shape index (κ1) is 17.3. The van der Waals surface area contributed by atoms with Crippen LogP contribution in [0.1, 0.15) is 38.3 Å². The van der Waals surface area contributed by atoms with Gasteiger partial charge < -0.3 is 5.73 Å². The van der Waals surface area contributed by atoms with Crippen molar-refractivity contribution in [3.8, 4) is 0 Å². The molecule has 3 unspecified atom stereocenters. The highest BCUT2D eigenvalue weighted by molar-refractivity contribution is 5.85. The summed E-state index contributed by atoms with van der Waals surface area (Å²) in [5, 5.41) is 0. The van der Waals surface area contributed by atoms with Crippen LogP contribution in [-0.2, 0) is 0 Å². The van der Waals surface area contributed by atoms with E-state index in [1.165, 1.54) is 12.1 Å². The van der Waals surface area contributed by atoms with E-state index in [4.69, 9.17) is 5.73 Å². The molecule has 1 aliphatic rings. The highest BCUT2D eigenvalue weighted by Crippen LogP contribution is 2.28. The molecule has 2 nitrogen and oxygen atoms in total. The minimum Gasteiger partial charge on any atom is -0.328 e. The van der Waals surface area contributed by atoms with Crippen LogP contribution in [-0.4, -0.2) is 24.0 Å². The maximum atomic E-state index is 13.3. The van der Waals surface area contributed by atoms with Gasteiger partial charge in [-0.1, -0.05) is 6.07 Å². The number of likely N-dealkylation sites (tertiary alicyclic amines) is 1. The highest BCUT2D eigenvalue weighted by atomic mass is 35.5. The normalized spacial score (nSPS) is 22.9. The molecule has 1 aromatic rings. The lowest BCUT2D eigenvalue weighted by atomic mass is 9.90. The second-order valence-corrected chi connectivity index (χ2v) is 5.61. The van der Waals surface area contributed by atoms with Gasteiger partial charge in [0.25, 0.3) is 0 Å². The van der Waals surface area contributed by atoms with Gasteiger partial charge in [0, 0.05) is 18.6 Å². The van der Waals surface area contributed by atoms with Gasteiger partial charge in [0.2, 0.25) is 0 Å². The van der Waals surface area contributed by atoms with E-state index >= 15 is 0 Å². The number of hydrogen-bond donors (Lipinski definition) is 1. The standard InChI is InChI=1S/C15H22F2N2.ClH/c1-10(18)13-4-3-7-19(9-13)11(2)12-5-6-14(16)15(17)8-12;/h5-6,8,10-11,13H,3-4,7,9,18H2,1-2H3;1H. The summed E-state index contributed by atoms with van der Waals surface area (Å²) >= 11 is 0. The number of nitrogens with zero attached hydrogens (tertiary/aromatic N) is 1. The molecular weight excluding hydrogens is 282 g/mol. The molecule has 2 rings (SSSR count). The van der Waals surface area contributed by atoms with Crippen LogP contribution in [0, 0.1) is 17.6 Å². The topological polar surface area (TPSA) is 29.3 Å². The fraction of sp³-hybridized carbons (Fsp3) is 0.600. The third-order valence-corrected chi connectivity index (χ3v) is 4.21. The van der Waals surface area contributed by atoms with Crippen LogP contribution in [0.3, 0.4) is 0 Å². The minimum absolute atomic E-state index is 0. The predicted molar refractivity (Wildman–Crippen MR) is 80.0 cm³/mol. The zero-order chi connectivity index (χ0) is 14.0. The monoisotopic (exact) mass is 304 g/mol. The summed E-state index contributed by atoms with van der Waals surface area (Å²) < 4.78 is 26.3. The fourth-order valence-electron chi connectivity index (χ4n) is 2.80. The summed E-state index contributed by atoms with van der Waals surface area (Å²) in [6.45, 7) is 5.99. The summed E-state index contributed by atoms with van der Waals surface area (Å²) in [6.07, 6.45) is 2.26. The molecule has 20 heavy (non-hydrogen) atoms. The van der Waals surface area contributed by atoms with Gasteiger partial charge in [-0.3, -0.25) is 4.90 Å². The Morgan fingerprint density at radius 1 is 1.25 bits per heavy atom. The van der Waals surface area contributed by atoms with Crippen LogP contribution in [0.15, 0.2) is 18.2 Å². The Labute approximate surface area is 125 Å². The molecule has 0 aromatic heterocycles. The average molecular weight is 305 g/mol. The van der Waals surface area contributed by atoms with Crippen LogP contribution < -0.4 is 5.73 Å². The van der Waals surface area contributed by atoms with Gasteiger partial charge in [-0.2, -0.15) is 0 Å². The van der Waals surface area contributed by atoms with Gasteiger partial charge in [0.15, 0.2) is 11.6 Å². The summed E-state index contributed by atoms with van der Waals surface area (Å²) in [6, 6.07) is 4.44. The van der Waals surface area contributed by atoms with Crippen LogP contribution in [0.5, 0.6) is 0 Å². The van der Waals surface area contributed by atoms with E-state index in [9.17, 15) is 8.78 Å². The molecule has 3 atom stereocenters. The van der Waals surface area contributed by atoms with Gasteiger partial charge in [0.1, 0.15) is 0 Å². The Morgan fingerprint density at radius 3 is 2.55 bits per heavy atom. The fourth-order valence-corrected chi connectivity index (χ4v) is 2.80. The van der Waals surface area contributed by atoms with E-state index in [1.54, 1.807) is 6.07 Å². The zero-order valence-corrected chi connectivity index (χ0v) is 12.8. The van der Waals surface area contributed by atoms with Gasteiger partial charge in [-0.25, -0.2) is 8.78 Å². The molecule has 2 N–H and O–H groups in total. The molecule has 1 saturated heterocycles. The van der Waals surface area contributed by atoms with E-state index in [0.717, 1.165) is 31.5 Å². The predicted octanol–water partition coefficient (Wildman–Crippen LogP) is 3.51. The molecule has 1 heterocycles. The smallest absolute Gasteiger partial charge is 0.159 e. The second kappa shape index (κ2) is 7.34. The molecule has 0 bridgehead atoms. The molecule has 5 heteroatoms. The van der Waals surface area contributed by atoms with E-state index < -0.39 is 11.6 Å². The molecule has 1 aromatic carbocycles. The van der Waals surface area contributed by atoms with Crippen molar-refractivity contribution < 1.29 is 8.78 Å². The van der Waals surface area contributed by atoms with Crippen LogP contribution in [0.2, 0.25) is 0 Å². The number of rotatable bonds is 3. The van der Waals surface area contributed by atoms with Crippen molar-refractivity contribution in [2.75, 3.05) is 13.1 Å². The largest absolute Gasteiger partial charge is 0.328 e. The van der Waals surface area contributed by atoms with Crippen molar-refractivity contribution in [1.29, 1.82) is 0 Å². The quantitative estimate of drug-likeness (QED) is 0.926. The highest BCUT2D eigenvalue weighted by Gasteiger charge is 2.26. The SMILES string of the molecule is CC(N)C1CCCN(C(C)c2ccc(F)c(F)c2)C1.Cl. The number of benzene rings is 1. The first-order valence-electron chi connectivity index (χ1n) is 6.93. The Hall–Kier alpha value is -0.710. The molecule has 1 aliphatic heterocycles. The minimum atomic E-state index is -0.789. The Balaban J connectivity index is 0.00000200. The maximum Gasteiger partial charge on any atom is 0.159 e. The first-order valence-corrected chi connectivity index (χ1v) is 6.93. The number of halogens is 3. The average Bonchev–Trinajstić information content (AvgIpc) is 2.41. The lowest BCUT2D eigenvalue weighted by Crippen LogP contribution is -2.43. The molecule has 0 radical (unpaired) electrons.